The van der Waals surface area contributed by atoms with Crippen LogP contribution >= 0.6 is 0 Å². The Balaban J connectivity index is 1.59. The van der Waals surface area contributed by atoms with Crippen molar-refractivity contribution < 1.29 is 9.21 Å². The third kappa shape index (κ3) is 2.33. The highest BCUT2D eigenvalue weighted by Gasteiger charge is 2.31. The first-order chi connectivity index (χ1) is 11.6. The van der Waals surface area contributed by atoms with Crippen molar-refractivity contribution in [1.29, 1.82) is 0 Å². The van der Waals surface area contributed by atoms with E-state index in [0.717, 1.165) is 18.1 Å². The smallest absolute Gasteiger partial charge is 0.258 e. The van der Waals surface area contributed by atoms with E-state index in [1.165, 1.54) is 0 Å². The SMILES string of the molecule is Cc1occc1C(=O)N1CCn2c(Cn3cccn3)cnc2[C@@H]1C. The van der Waals surface area contributed by atoms with Crippen LogP contribution in [0.25, 0.3) is 0 Å². The lowest BCUT2D eigenvalue weighted by molar-refractivity contribution is 0.0634. The molecule has 7 heteroatoms. The van der Waals surface area contributed by atoms with Gasteiger partial charge < -0.3 is 13.9 Å². The summed E-state index contributed by atoms with van der Waals surface area (Å²) in [6.45, 7) is 5.90. The van der Waals surface area contributed by atoms with Gasteiger partial charge in [-0.15, -0.1) is 0 Å². The minimum absolute atomic E-state index is 0.00312. The molecule has 0 bridgehead atoms. The van der Waals surface area contributed by atoms with Crippen LogP contribution in [0, 0.1) is 6.92 Å². The van der Waals surface area contributed by atoms with Crippen LogP contribution in [0.5, 0.6) is 0 Å². The molecule has 0 radical (unpaired) electrons. The van der Waals surface area contributed by atoms with Crippen molar-refractivity contribution in [3.63, 3.8) is 0 Å². The number of hydrogen-bond donors (Lipinski definition) is 0. The Morgan fingerprint density at radius 1 is 1.42 bits per heavy atom. The van der Waals surface area contributed by atoms with E-state index in [1.807, 2.05) is 41.9 Å². The fourth-order valence-corrected chi connectivity index (χ4v) is 3.28. The maximum atomic E-state index is 12.8. The van der Waals surface area contributed by atoms with Crippen LogP contribution in [0.15, 0.2) is 41.4 Å². The van der Waals surface area contributed by atoms with Gasteiger partial charge in [0, 0.05) is 25.5 Å². The molecule has 3 aromatic rings. The zero-order valence-corrected chi connectivity index (χ0v) is 13.7. The summed E-state index contributed by atoms with van der Waals surface area (Å²) < 4.78 is 9.34. The number of aryl methyl sites for hydroxylation is 1. The van der Waals surface area contributed by atoms with Crippen LogP contribution < -0.4 is 0 Å². The maximum absolute atomic E-state index is 12.8. The number of fused-ring (bicyclic) bond motifs is 1. The summed E-state index contributed by atoms with van der Waals surface area (Å²) >= 11 is 0. The molecule has 0 aliphatic carbocycles. The lowest BCUT2D eigenvalue weighted by Crippen LogP contribution is -2.41. The molecule has 124 valence electrons. The quantitative estimate of drug-likeness (QED) is 0.740. The highest BCUT2D eigenvalue weighted by molar-refractivity contribution is 5.95. The number of amides is 1. The van der Waals surface area contributed by atoms with Gasteiger partial charge in [-0.05, 0) is 26.0 Å². The number of rotatable bonds is 3. The number of carbonyl (C=O) groups is 1. The largest absolute Gasteiger partial charge is 0.469 e. The normalized spacial score (nSPS) is 17.1. The minimum Gasteiger partial charge on any atom is -0.469 e. The van der Waals surface area contributed by atoms with E-state index in [-0.39, 0.29) is 11.9 Å². The van der Waals surface area contributed by atoms with Gasteiger partial charge in [-0.2, -0.15) is 5.10 Å². The summed E-state index contributed by atoms with van der Waals surface area (Å²) in [7, 11) is 0. The Morgan fingerprint density at radius 3 is 3.00 bits per heavy atom. The summed E-state index contributed by atoms with van der Waals surface area (Å²) in [6, 6.07) is 3.56. The summed E-state index contributed by atoms with van der Waals surface area (Å²) in [6.07, 6.45) is 7.14. The average molecular weight is 325 g/mol. The standard InChI is InChI=1S/C17H19N5O2/c1-12-16-18-10-14(11-20-6-3-5-19-20)22(16)8-7-21(12)17(23)15-4-9-24-13(15)2/h3-6,9-10,12H,7-8,11H2,1-2H3/t12-/m0/s1. The molecule has 0 N–H and O–H groups in total. The Morgan fingerprint density at radius 2 is 2.29 bits per heavy atom. The molecule has 24 heavy (non-hydrogen) atoms. The molecule has 1 amide bonds. The summed E-state index contributed by atoms with van der Waals surface area (Å²) in [4.78, 5) is 19.2. The molecule has 0 fully saturated rings. The van der Waals surface area contributed by atoms with Crippen molar-refractivity contribution in [2.24, 2.45) is 0 Å². The minimum atomic E-state index is -0.0769. The second kappa shape index (κ2) is 5.67. The molecule has 0 spiro atoms. The molecular weight excluding hydrogens is 306 g/mol. The molecule has 7 nitrogen and oxygen atoms in total. The maximum Gasteiger partial charge on any atom is 0.258 e. The van der Waals surface area contributed by atoms with E-state index in [0.29, 0.717) is 24.4 Å². The first-order valence-corrected chi connectivity index (χ1v) is 8.02. The van der Waals surface area contributed by atoms with Gasteiger partial charge in [-0.3, -0.25) is 9.48 Å². The summed E-state index contributed by atoms with van der Waals surface area (Å²) in [5, 5.41) is 4.25. The molecule has 4 heterocycles. The van der Waals surface area contributed by atoms with Crippen LogP contribution in [-0.4, -0.2) is 36.7 Å². The van der Waals surface area contributed by atoms with Crippen molar-refractivity contribution in [2.75, 3.05) is 6.54 Å². The molecule has 4 rings (SSSR count). The zero-order chi connectivity index (χ0) is 16.7. The van der Waals surface area contributed by atoms with Crippen LogP contribution in [0.3, 0.4) is 0 Å². The van der Waals surface area contributed by atoms with Crippen molar-refractivity contribution in [3.8, 4) is 0 Å². The Hall–Kier alpha value is -2.83. The van der Waals surface area contributed by atoms with Crippen LogP contribution in [0.2, 0.25) is 0 Å². The molecule has 1 atom stereocenters. The van der Waals surface area contributed by atoms with E-state index in [9.17, 15) is 4.79 Å². The second-order valence-corrected chi connectivity index (χ2v) is 6.03. The van der Waals surface area contributed by atoms with Gasteiger partial charge in [0.15, 0.2) is 0 Å². The average Bonchev–Trinajstić information content (AvgIpc) is 3.30. The molecule has 1 aliphatic rings. The summed E-state index contributed by atoms with van der Waals surface area (Å²) in [5.41, 5.74) is 1.73. The van der Waals surface area contributed by atoms with Gasteiger partial charge in [0.25, 0.3) is 5.91 Å². The van der Waals surface area contributed by atoms with Crippen molar-refractivity contribution in [2.45, 2.75) is 33.0 Å². The van der Waals surface area contributed by atoms with E-state index in [4.69, 9.17) is 4.42 Å². The number of hydrogen-bond acceptors (Lipinski definition) is 4. The van der Waals surface area contributed by atoms with Gasteiger partial charge in [0.1, 0.15) is 11.6 Å². The third-order valence-electron chi connectivity index (χ3n) is 4.61. The second-order valence-electron chi connectivity index (χ2n) is 6.03. The highest BCUT2D eigenvalue weighted by Crippen LogP contribution is 2.28. The lowest BCUT2D eigenvalue weighted by Gasteiger charge is -2.34. The number of furan rings is 1. The van der Waals surface area contributed by atoms with Crippen LogP contribution in [0.1, 0.15) is 40.6 Å². The molecular formula is C17H19N5O2. The topological polar surface area (TPSA) is 69.1 Å². The lowest BCUT2D eigenvalue weighted by atomic mass is 10.1. The van der Waals surface area contributed by atoms with E-state index in [1.54, 1.807) is 18.5 Å². The van der Waals surface area contributed by atoms with Crippen LogP contribution in [-0.2, 0) is 13.1 Å². The Labute approximate surface area is 139 Å². The monoisotopic (exact) mass is 325 g/mol. The third-order valence-corrected chi connectivity index (χ3v) is 4.61. The molecule has 1 aliphatic heterocycles. The van der Waals surface area contributed by atoms with E-state index < -0.39 is 0 Å². The van der Waals surface area contributed by atoms with Gasteiger partial charge in [-0.1, -0.05) is 0 Å². The molecule has 3 aromatic heterocycles. The molecule has 0 aromatic carbocycles. The van der Waals surface area contributed by atoms with Gasteiger partial charge in [0.2, 0.25) is 0 Å². The first kappa shape index (κ1) is 14.7. The first-order valence-electron chi connectivity index (χ1n) is 8.02. The van der Waals surface area contributed by atoms with E-state index >= 15 is 0 Å². The molecule has 0 saturated carbocycles. The molecule has 0 unspecified atom stereocenters. The van der Waals surface area contributed by atoms with Crippen molar-refractivity contribution >= 4 is 5.91 Å². The van der Waals surface area contributed by atoms with Gasteiger partial charge in [0.05, 0.1) is 36.3 Å². The predicted molar refractivity (Wildman–Crippen MR) is 86.5 cm³/mol. The highest BCUT2D eigenvalue weighted by atomic mass is 16.3. The Kier molecular flexibility index (Phi) is 3.48. The Bertz CT molecular complexity index is 862. The number of aromatic nitrogens is 4. The number of imidazole rings is 1. The van der Waals surface area contributed by atoms with Crippen LogP contribution in [0.4, 0.5) is 0 Å². The number of nitrogens with zero attached hydrogens (tertiary/aromatic N) is 5. The van der Waals surface area contributed by atoms with Gasteiger partial charge >= 0.3 is 0 Å². The zero-order valence-electron chi connectivity index (χ0n) is 13.7. The van der Waals surface area contributed by atoms with E-state index in [2.05, 4.69) is 14.6 Å². The fourth-order valence-electron chi connectivity index (χ4n) is 3.28. The number of carbonyl (C=O) groups excluding carboxylic acids is 1. The predicted octanol–water partition coefficient (Wildman–Crippen LogP) is 2.25. The van der Waals surface area contributed by atoms with Gasteiger partial charge in [-0.25, -0.2) is 4.98 Å². The fraction of sp³-hybridized carbons (Fsp3) is 0.353. The van der Waals surface area contributed by atoms with Crippen molar-refractivity contribution in [1.82, 2.24) is 24.2 Å². The molecule has 0 saturated heterocycles. The van der Waals surface area contributed by atoms with Crippen molar-refractivity contribution in [3.05, 3.63) is 59.8 Å². The summed E-state index contributed by atoms with van der Waals surface area (Å²) in [5.74, 6) is 1.56.